The van der Waals surface area contributed by atoms with E-state index >= 15 is 0 Å². The van der Waals surface area contributed by atoms with Gasteiger partial charge in [0.15, 0.2) is 0 Å². The number of benzene rings is 1. The van der Waals surface area contributed by atoms with Gasteiger partial charge in [-0.3, -0.25) is 0 Å². The lowest BCUT2D eigenvalue weighted by Crippen LogP contribution is -2.30. The molecule has 3 heteroatoms. The van der Waals surface area contributed by atoms with Gasteiger partial charge >= 0.3 is 0 Å². The first-order chi connectivity index (χ1) is 8.04. The van der Waals surface area contributed by atoms with Gasteiger partial charge < -0.3 is 5.32 Å². The highest BCUT2D eigenvalue weighted by atomic mass is 127. The van der Waals surface area contributed by atoms with Crippen LogP contribution in [0.5, 0.6) is 0 Å². The molecule has 1 aliphatic rings. The van der Waals surface area contributed by atoms with Crippen molar-refractivity contribution in [3.8, 4) is 0 Å². The molecule has 0 aliphatic heterocycles. The Kier molecular flexibility index (Phi) is 4.59. The number of hydrogen-bond acceptors (Lipinski definition) is 1. The summed E-state index contributed by atoms with van der Waals surface area (Å²) in [6.07, 6.45) is 3.87. The van der Waals surface area contributed by atoms with Crippen LogP contribution in [-0.4, -0.2) is 6.04 Å². The van der Waals surface area contributed by atoms with Crippen LogP contribution in [0.4, 0.5) is 5.69 Å². The topological polar surface area (TPSA) is 12.0 Å². The van der Waals surface area contributed by atoms with Gasteiger partial charge in [0.2, 0.25) is 0 Å². The zero-order valence-corrected chi connectivity index (χ0v) is 13.3. The summed E-state index contributed by atoms with van der Waals surface area (Å²) in [5.41, 5.74) is 1.09. The fraction of sp³-hybridized carbons (Fsp3) is 0.571. The smallest absolute Gasteiger partial charge is 0.0638 e. The van der Waals surface area contributed by atoms with Gasteiger partial charge in [-0.2, -0.15) is 0 Å². The predicted octanol–water partition coefficient (Wildman–Crippen LogP) is 5.18. The number of nitrogens with one attached hydrogen (secondary N) is 1. The minimum absolute atomic E-state index is 0.574. The van der Waals surface area contributed by atoms with Crippen LogP contribution in [0.25, 0.3) is 0 Å². The quantitative estimate of drug-likeness (QED) is 0.714. The van der Waals surface area contributed by atoms with Crippen molar-refractivity contribution in [1.82, 2.24) is 0 Å². The standard InChI is InChI=1S/C14H19ClIN/c1-9-5-10(2)7-12(6-9)17-14-8-11(16)3-4-13(14)15/h3-4,8-10,12,17H,5-7H2,1-2H3. The molecular weight excluding hydrogens is 345 g/mol. The van der Waals surface area contributed by atoms with Crippen LogP contribution >= 0.6 is 34.2 Å². The van der Waals surface area contributed by atoms with Crippen molar-refractivity contribution in [3.63, 3.8) is 0 Å². The lowest BCUT2D eigenvalue weighted by atomic mass is 9.80. The van der Waals surface area contributed by atoms with Gasteiger partial charge in [-0.1, -0.05) is 25.4 Å². The second-order valence-corrected chi connectivity index (χ2v) is 7.04. The average Bonchev–Trinajstić information content (AvgIpc) is 2.22. The monoisotopic (exact) mass is 363 g/mol. The van der Waals surface area contributed by atoms with Crippen molar-refractivity contribution in [1.29, 1.82) is 0 Å². The molecule has 2 rings (SSSR count). The third-order valence-corrected chi connectivity index (χ3v) is 4.47. The van der Waals surface area contributed by atoms with Crippen LogP contribution in [0.3, 0.4) is 0 Å². The number of anilines is 1. The molecule has 1 aromatic carbocycles. The Morgan fingerprint density at radius 3 is 2.47 bits per heavy atom. The van der Waals surface area contributed by atoms with Crippen LogP contribution in [0.1, 0.15) is 33.1 Å². The maximum atomic E-state index is 6.22. The van der Waals surface area contributed by atoms with Crippen molar-refractivity contribution >= 4 is 39.9 Å². The lowest BCUT2D eigenvalue weighted by Gasteiger charge is -2.32. The van der Waals surface area contributed by atoms with Gasteiger partial charge in [0.05, 0.1) is 10.7 Å². The molecule has 2 unspecified atom stereocenters. The fourth-order valence-corrected chi connectivity index (χ4v) is 3.56. The Balaban J connectivity index is 2.07. The zero-order valence-electron chi connectivity index (χ0n) is 10.3. The van der Waals surface area contributed by atoms with E-state index in [-0.39, 0.29) is 0 Å². The first-order valence-corrected chi connectivity index (χ1v) is 7.72. The summed E-state index contributed by atoms with van der Waals surface area (Å²) in [5.74, 6) is 1.63. The highest BCUT2D eigenvalue weighted by Crippen LogP contribution is 2.32. The van der Waals surface area contributed by atoms with Crippen LogP contribution in [-0.2, 0) is 0 Å². The van der Waals surface area contributed by atoms with Crippen LogP contribution in [0.15, 0.2) is 18.2 Å². The SMILES string of the molecule is CC1CC(C)CC(Nc2cc(I)ccc2Cl)C1. The van der Waals surface area contributed by atoms with Crippen LogP contribution in [0.2, 0.25) is 5.02 Å². The van der Waals surface area contributed by atoms with E-state index in [1.54, 1.807) is 0 Å². The minimum atomic E-state index is 0.574. The Labute approximate surface area is 122 Å². The largest absolute Gasteiger partial charge is 0.381 e. The van der Waals surface area contributed by atoms with Gasteiger partial charge in [0.25, 0.3) is 0 Å². The zero-order chi connectivity index (χ0) is 12.4. The molecule has 0 saturated heterocycles. The van der Waals surface area contributed by atoms with E-state index in [1.807, 2.05) is 12.1 Å². The second kappa shape index (κ2) is 5.79. The van der Waals surface area contributed by atoms with E-state index in [2.05, 4.69) is 47.8 Å². The molecule has 1 nitrogen and oxygen atoms in total. The lowest BCUT2D eigenvalue weighted by molar-refractivity contribution is 0.281. The molecule has 1 saturated carbocycles. The molecule has 1 aliphatic carbocycles. The molecule has 0 aromatic heterocycles. The first-order valence-electron chi connectivity index (χ1n) is 6.26. The van der Waals surface area contributed by atoms with E-state index < -0.39 is 0 Å². The van der Waals surface area contributed by atoms with Crippen molar-refractivity contribution < 1.29 is 0 Å². The van der Waals surface area contributed by atoms with Gasteiger partial charge in [0.1, 0.15) is 0 Å². The maximum Gasteiger partial charge on any atom is 0.0638 e. The summed E-state index contributed by atoms with van der Waals surface area (Å²) in [5, 5.41) is 4.44. The molecular formula is C14H19ClIN. The van der Waals surface area contributed by atoms with Gasteiger partial charge in [-0.25, -0.2) is 0 Å². The van der Waals surface area contributed by atoms with Crippen molar-refractivity contribution in [2.75, 3.05) is 5.32 Å². The van der Waals surface area contributed by atoms with E-state index in [0.717, 1.165) is 22.5 Å². The summed E-state index contributed by atoms with van der Waals surface area (Å²) in [4.78, 5) is 0. The molecule has 0 bridgehead atoms. The van der Waals surface area contributed by atoms with E-state index in [9.17, 15) is 0 Å². The van der Waals surface area contributed by atoms with E-state index in [1.165, 1.54) is 22.8 Å². The highest BCUT2D eigenvalue weighted by Gasteiger charge is 2.24. The third-order valence-electron chi connectivity index (χ3n) is 3.47. The summed E-state index contributed by atoms with van der Waals surface area (Å²) in [6.45, 7) is 4.70. The van der Waals surface area contributed by atoms with Crippen molar-refractivity contribution in [2.45, 2.75) is 39.2 Å². The Morgan fingerprint density at radius 2 is 1.82 bits per heavy atom. The molecule has 2 atom stereocenters. The number of halogens is 2. The van der Waals surface area contributed by atoms with E-state index in [0.29, 0.717) is 6.04 Å². The molecule has 0 heterocycles. The van der Waals surface area contributed by atoms with Crippen LogP contribution < -0.4 is 5.32 Å². The second-order valence-electron chi connectivity index (χ2n) is 5.38. The van der Waals surface area contributed by atoms with Crippen molar-refractivity contribution in [3.05, 3.63) is 26.8 Å². The Hall–Kier alpha value is 0.0400. The third kappa shape index (κ3) is 3.75. The summed E-state index contributed by atoms with van der Waals surface area (Å²) >= 11 is 8.55. The number of rotatable bonds is 2. The Morgan fingerprint density at radius 1 is 1.18 bits per heavy atom. The molecule has 1 fully saturated rings. The molecule has 0 spiro atoms. The van der Waals surface area contributed by atoms with Gasteiger partial charge in [-0.05, 0) is 71.9 Å². The molecule has 0 amide bonds. The minimum Gasteiger partial charge on any atom is -0.381 e. The highest BCUT2D eigenvalue weighted by molar-refractivity contribution is 14.1. The molecule has 17 heavy (non-hydrogen) atoms. The average molecular weight is 364 g/mol. The molecule has 0 radical (unpaired) electrons. The predicted molar refractivity (Wildman–Crippen MR) is 83.8 cm³/mol. The summed E-state index contributed by atoms with van der Waals surface area (Å²) in [6, 6.07) is 6.72. The maximum absolute atomic E-state index is 6.22. The molecule has 1 aromatic rings. The summed E-state index contributed by atoms with van der Waals surface area (Å²) in [7, 11) is 0. The van der Waals surface area contributed by atoms with Gasteiger partial charge in [-0.15, -0.1) is 0 Å². The number of hydrogen-bond donors (Lipinski definition) is 1. The first kappa shape index (κ1) is 13.5. The van der Waals surface area contributed by atoms with Crippen LogP contribution in [0, 0.1) is 15.4 Å². The Bertz CT molecular complexity index is 384. The normalized spacial score (nSPS) is 29.1. The van der Waals surface area contributed by atoms with Gasteiger partial charge in [0, 0.05) is 9.61 Å². The van der Waals surface area contributed by atoms with Crippen molar-refractivity contribution in [2.24, 2.45) is 11.8 Å². The molecule has 94 valence electrons. The summed E-state index contributed by atoms with van der Waals surface area (Å²) < 4.78 is 1.23. The fourth-order valence-electron chi connectivity index (χ4n) is 2.89. The molecule has 1 N–H and O–H groups in total. The van der Waals surface area contributed by atoms with E-state index in [4.69, 9.17) is 11.6 Å².